The van der Waals surface area contributed by atoms with Gasteiger partial charge in [-0.25, -0.2) is 0 Å². The Morgan fingerprint density at radius 3 is 2.82 bits per heavy atom. The molecule has 2 nitrogen and oxygen atoms in total. The van der Waals surface area contributed by atoms with Gasteiger partial charge in [-0.15, -0.1) is 6.42 Å². The maximum absolute atomic E-state index is 11.7. The van der Waals surface area contributed by atoms with Gasteiger partial charge in [0.1, 0.15) is 5.60 Å². The summed E-state index contributed by atoms with van der Waals surface area (Å²) in [5, 5.41) is 10.9. The predicted molar refractivity (Wildman–Crippen MR) is 85.9 cm³/mol. The van der Waals surface area contributed by atoms with Gasteiger partial charge < -0.3 is 5.11 Å². The molecule has 0 aromatic carbocycles. The van der Waals surface area contributed by atoms with Crippen LogP contribution in [0.4, 0.5) is 0 Å². The van der Waals surface area contributed by atoms with Gasteiger partial charge in [0, 0.05) is 11.8 Å². The van der Waals surface area contributed by atoms with Crippen molar-refractivity contribution in [3.63, 3.8) is 0 Å². The number of hydrogen-bond acceptors (Lipinski definition) is 2. The van der Waals surface area contributed by atoms with E-state index in [4.69, 9.17) is 6.42 Å². The first-order valence-electron chi connectivity index (χ1n) is 8.64. The molecule has 0 aromatic heterocycles. The van der Waals surface area contributed by atoms with E-state index in [2.05, 4.69) is 12.8 Å². The normalized spacial score (nSPS) is 43.9. The van der Waals surface area contributed by atoms with Gasteiger partial charge in [0.05, 0.1) is 0 Å². The first kappa shape index (κ1) is 14.3. The standard InChI is InChI=1S/C20H24O2/c1-3-20(22)11-9-18-17-6-4-13-12-14(21)5-7-15(13)16(17)8-10-19(18,20)2/h1,12,17-18,22H,4-11H2,2H3. The third-order valence-corrected chi connectivity index (χ3v) is 7.12. The third-order valence-electron chi connectivity index (χ3n) is 7.12. The Morgan fingerprint density at radius 2 is 2.05 bits per heavy atom. The molecule has 4 unspecified atom stereocenters. The Kier molecular flexibility index (Phi) is 2.97. The monoisotopic (exact) mass is 296 g/mol. The quantitative estimate of drug-likeness (QED) is 0.694. The molecule has 0 aliphatic heterocycles. The summed E-state index contributed by atoms with van der Waals surface area (Å²) in [5.41, 5.74) is 3.31. The summed E-state index contributed by atoms with van der Waals surface area (Å²) in [6.45, 7) is 2.21. The van der Waals surface area contributed by atoms with Gasteiger partial charge in [0.15, 0.2) is 5.78 Å². The van der Waals surface area contributed by atoms with Crippen molar-refractivity contribution < 1.29 is 9.90 Å². The van der Waals surface area contributed by atoms with Crippen LogP contribution in [0.25, 0.3) is 0 Å². The van der Waals surface area contributed by atoms with E-state index in [-0.39, 0.29) is 5.41 Å². The first-order chi connectivity index (χ1) is 10.5. The fourth-order valence-corrected chi connectivity index (χ4v) is 5.79. The Bertz CT molecular complexity index is 647. The van der Waals surface area contributed by atoms with E-state index in [0.29, 0.717) is 24.0 Å². The summed E-state index contributed by atoms with van der Waals surface area (Å²) < 4.78 is 0. The van der Waals surface area contributed by atoms with Crippen molar-refractivity contribution in [3.8, 4) is 12.3 Å². The van der Waals surface area contributed by atoms with Crippen LogP contribution < -0.4 is 0 Å². The number of terminal acetylenes is 1. The number of carbonyl (C=O) groups excluding carboxylic acids is 1. The zero-order valence-corrected chi connectivity index (χ0v) is 13.3. The average Bonchev–Trinajstić information content (AvgIpc) is 2.79. The molecule has 0 heterocycles. The highest BCUT2D eigenvalue weighted by molar-refractivity contribution is 5.93. The predicted octanol–water partition coefficient (Wildman–Crippen LogP) is 3.56. The molecule has 4 atom stereocenters. The molecule has 0 amide bonds. The summed E-state index contributed by atoms with van der Waals surface area (Å²) in [7, 11) is 0. The van der Waals surface area contributed by atoms with Crippen molar-refractivity contribution in [3.05, 3.63) is 22.8 Å². The number of allylic oxidation sites excluding steroid dienone is 4. The number of ketones is 1. The van der Waals surface area contributed by atoms with E-state index < -0.39 is 5.60 Å². The lowest BCUT2D eigenvalue weighted by molar-refractivity contribution is -0.114. The molecular formula is C20H24O2. The number of carbonyl (C=O) groups is 1. The number of fused-ring (bicyclic) bond motifs is 4. The van der Waals surface area contributed by atoms with Gasteiger partial charge >= 0.3 is 0 Å². The molecule has 0 aromatic rings. The molecular weight excluding hydrogens is 272 g/mol. The van der Waals surface area contributed by atoms with Gasteiger partial charge in [-0.05, 0) is 74.0 Å². The SMILES string of the molecule is C#CC1(O)CCC2C3CCC4=CC(=O)CCC4=C3CCC21C. The van der Waals surface area contributed by atoms with Crippen molar-refractivity contribution in [2.45, 2.75) is 63.9 Å². The van der Waals surface area contributed by atoms with Crippen molar-refractivity contribution in [2.24, 2.45) is 17.3 Å². The largest absolute Gasteiger partial charge is 0.377 e. The minimum Gasteiger partial charge on any atom is -0.377 e. The molecule has 1 N–H and O–H groups in total. The van der Waals surface area contributed by atoms with Crippen LogP contribution in [0.2, 0.25) is 0 Å². The van der Waals surface area contributed by atoms with E-state index >= 15 is 0 Å². The molecule has 2 heteroatoms. The Balaban J connectivity index is 1.75. The van der Waals surface area contributed by atoms with E-state index in [1.165, 1.54) is 11.1 Å². The molecule has 2 saturated carbocycles. The van der Waals surface area contributed by atoms with Crippen LogP contribution in [0.15, 0.2) is 22.8 Å². The molecule has 0 bridgehead atoms. The van der Waals surface area contributed by atoms with Gasteiger partial charge in [-0.3, -0.25) is 4.79 Å². The van der Waals surface area contributed by atoms with Crippen LogP contribution in [0, 0.1) is 29.6 Å². The maximum atomic E-state index is 11.7. The molecule has 2 fully saturated rings. The zero-order valence-electron chi connectivity index (χ0n) is 13.3. The molecule has 4 rings (SSSR count). The average molecular weight is 296 g/mol. The molecule has 4 aliphatic carbocycles. The van der Waals surface area contributed by atoms with Crippen LogP contribution in [0.1, 0.15) is 58.3 Å². The van der Waals surface area contributed by atoms with Crippen LogP contribution >= 0.6 is 0 Å². The fourth-order valence-electron chi connectivity index (χ4n) is 5.79. The van der Waals surface area contributed by atoms with Gasteiger partial charge in [-0.1, -0.05) is 18.4 Å². The van der Waals surface area contributed by atoms with Crippen molar-refractivity contribution in [2.75, 3.05) is 0 Å². The number of rotatable bonds is 0. The minimum absolute atomic E-state index is 0.137. The third kappa shape index (κ3) is 1.69. The summed E-state index contributed by atoms with van der Waals surface area (Å²) in [5.74, 6) is 4.09. The van der Waals surface area contributed by atoms with Gasteiger partial charge in [0.25, 0.3) is 0 Å². The highest BCUT2D eigenvalue weighted by atomic mass is 16.3. The lowest BCUT2D eigenvalue weighted by atomic mass is 9.55. The fraction of sp³-hybridized carbons (Fsp3) is 0.650. The van der Waals surface area contributed by atoms with Crippen LogP contribution in [-0.4, -0.2) is 16.5 Å². The number of hydrogen-bond donors (Lipinski definition) is 1. The van der Waals surface area contributed by atoms with Gasteiger partial charge in [-0.2, -0.15) is 0 Å². The van der Waals surface area contributed by atoms with E-state index in [9.17, 15) is 9.90 Å². The second kappa shape index (κ2) is 4.59. The van der Waals surface area contributed by atoms with Crippen molar-refractivity contribution in [1.82, 2.24) is 0 Å². The van der Waals surface area contributed by atoms with Gasteiger partial charge in [0.2, 0.25) is 0 Å². The van der Waals surface area contributed by atoms with Crippen molar-refractivity contribution in [1.29, 1.82) is 0 Å². The Hall–Kier alpha value is -1.33. The molecule has 0 spiro atoms. The summed E-state index contributed by atoms with van der Waals surface area (Å²) >= 11 is 0. The molecule has 0 radical (unpaired) electrons. The van der Waals surface area contributed by atoms with Crippen LogP contribution in [0.3, 0.4) is 0 Å². The summed E-state index contributed by atoms with van der Waals surface area (Å²) in [4.78, 5) is 11.7. The Morgan fingerprint density at radius 1 is 1.23 bits per heavy atom. The number of aliphatic hydroxyl groups is 1. The second-order valence-electron chi connectivity index (χ2n) is 7.85. The van der Waals surface area contributed by atoms with Crippen molar-refractivity contribution >= 4 is 5.78 Å². The Labute approximate surface area is 132 Å². The highest BCUT2D eigenvalue weighted by Gasteiger charge is 2.60. The topological polar surface area (TPSA) is 37.3 Å². The van der Waals surface area contributed by atoms with E-state index in [1.54, 1.807) is 5.57 Å². The molecule has 22 heavy (non-hydrogen) atoms. The second-order valence-corrected chi connectivity index (χ2v) is 7.85. The molecule has 4 aliphatic rings. The summed E-state index contributed by atoms with van der Waals surface area (Å²) in [6.07, 6.45) is 15.1. The van der Waals surface area contributed by atoms with E-state index in [0.717, 1.165) is 44.9 Å². The molecule has 116 valence electrons. The smallest absolute Gasteiger partial charge is 0.156 e. The molecule has 0 saturated heterocycles. The lowest BCUT2D eigenvalue weighted by Gasteiger charge is -2.50. The maximum Gasteiger partial charge on any atom is 0.156 e. The minimum atomic E-state index is -0.924. The zero-order chi connectivity index (χ0) is 15.5. The van der Waals surface area contributed by atoms with Crippen LogP contribution in [-0.2, 0) is 4.79 Å². The summed E-state index contributed by atoms with van der Waals surface area (Å²) in [6, 6.07) is 0. The highest BCUT2D eigenvalue weighted by Crippen LogP contribution is 2.63. The van der Waals surface area contributed by atoms with E-state index in [1.807, 2.05) is 6.08 Å². The lowest BCUT2D eigenvalue weighted by Crippen LogP contribution is -2.48. The first-order valence-corrected chi connectivity index (χ1v) is 8.64. The van der Waals surface area contributed by atoms with Crippen LogP contribution in [0.5, 0.6) is 0 Å².